The van der Waals surface area contributed by atoms with Gasteiger partial charge in [0.15, 0.2) is 5.16 Å². The maximum absolute atomic E-state index is 13.6. The molecule has 1 aromatic carbocycles. The van der Waals surface area contributed by atoms with Crippen molar-refractivity contribution in [3.05, 3.63) is 74.6 Å². The lowest BCUT2D eigenvalue weighted by Crippen LogP contribution is -2.25. The van der Waals surface area contributed by atoms with Crippen molar-refractivity contribution in [1.29, 1.82) is 0 Å². The third-order valence-corrected chi connectivity index (χ3v) is 5.39. The van der Waals surface area contributed by atoms with E-state index < -0.39 is 17.3 Å². The Morgan fingerprint density at radius 1 is 1.17 bits per heavy atom. The van der Waals surface area contributed by atoms with E-state index in [2.05, 4.69) is 20.6 Å². The molecule has 0 aliphatic rings. The molecule has 3 aromatic rings. The van der Waals surface area contributed by atoms with Crippen molar-refractivity contribution >= 4 is 40.6 Å². The van der Waals surface area contributed by atoms with Gasteiger partial charge in [-0.3, -0.25) is 14.4 Å². The van der Waals surface area contributed by atoms with Gasteiger partial charge in [-0.25, -0.2) is 9.37 Å². The number of rotatable bonds is 8. The SMILES string of the molecule is O=C(Cc1cc(=O)[nH]c(SCC(=O)Nc2ccccc2F)n1)NCc1cccs1. The average Bonchev–Trinajstić information content (AvgIpc) is 3.20. The molecule has 0 aliphatic carbocycles. The lowest BCUT2D eigenvalue weighted by Gasteiger charge is -2.07. The highest BCUT2D eigenvalue weighted by Crippen LogP contribution is 2.15. The Hall–Kier alpha value is -2.98. The maximum atomic E-state index is 13.6. The molecule has 0 spiro atoms. The number of thioether (sulfide) groups is 1. The largest absolute Gasteiger partial charge is 0.351 e. The van der Waals surface area contributed by atoms with E-state index in [4.69, 9.17) is 0 Å². The van der Waals surface area contributed by atoms with E-state index in [0.29, 0.717) is 12.2 Å². The summed E-state index contributed by atoms with van der Waals surface area (Å²) in [6, 6.07) is 10.9. The second-order valence-corrected chi connectivity index (χ2v) is 7.89. The molecule has 0 unspecified atom stereocenters. The summed E-state index contributed by atoms with van der Waals surface area (Å²) >= 11 is 2.53. The first kappa shape index (κ1) is 20.7. The number of thiophene rings is 1. The van der Waals surface area contributed by atoms with Crippen LogP contribution in [0.15, 0.2) is 57.8 Å². The standard InChI is InChI=1S/C19H17FN4O3S2/c20-14-5-1-2-6-15(14)23-18(27)11-29-19-22-12(9-17(26)24-19)8-16(25)21-10-13-4-3-7-28-13/h1-7,9H,8,10-11H2,(H,21,25)(H,23,27)(H,22,24,26). The number of anilines is 1. The fraction of sp³-hybridized carbons (Fsp3) is 0.158. The van der Waals surface area contributed by atoms with Crippen LogP contribution in [0.2, 0.25) is 0 Å². The number of amides is 2. The smallest absolute Gasteiger partial charge is 0.251 e. The molecule has 0 bridgehead atoms. The molecule has 29 heavy (non-hydrogen) atoms. The summed E-state index contributed by atoms with van der Waals surface area (Å²) in [6.07, 6.45) is -0.0513. The van der Waals surface area contributed by atoms with E-state index in [9.17, 15) is 18.8 Å². The van der Waals surface area contributed by atoms with Gasteiger partial charge >= 0.3 is 0 Å². The lowest BCUT2D eigenvalue weighted by atomic mass is 10.3. The highest BCUT2D eigenvalue weighted by Gasteiger charge is 2.11. The fourth-order valence-corrected chi connectivity index (χ4v) is 3.69. The van der Waals surface area contributed by atoms with Gasteiger partial charge in [0.2, 0.25) is 11.8 Å². The number of nitrogens with one attached hydrogen (secondary N) is 3. The summed E-state index contributed by atoms with van der Waals surface area (Å²) in [5, 5.41) is 7.35. The normalized spacial score (nSPS) is 10.5. The molecule has 0 fully saturated rings. The Morgan fingerprint density at radius 2 is 2.00 bits per heavy atom. The van der Waals surface area contributed by atoms with Crippen molar-refractivity contribution in [3.8, 4) is 0 Å². The Kier molecular flexibility index (Phi) is 7.14. The number of nitrogens with zero attached hydrogens (tertiary/aromatic N) is 1. The molecule has 2 aromatic heterocycles. The predicted molar refractivity (Wildman–Crippen MR) is 110 cm³/mol. The molecule has 3 N–H and O–H groups in total. The third kappa shape index (κ3) is 6.54. The summed E-state index contributed by atoms with van der Waals surface area (Å²) in [5.41, 5.74) is -0.0387. The highest BCUT2D eigenvalue weighted by atomic mass is 32.2. The number of para-hydroxylation sites is 1. The van der Waals surface area contributed by atoms with Crippen LogP contribution < -0.4 is 16.2 Å². The van der Waals surface area contributed by atoms with Gasteiger partial charge in [0, 0.05) is 10.9 Å². The monoisotopic (exact) mass is 432 g/mol. The van der Waals surface area contributed by atoms with E-state index in [1.54, 1.807) is 6.07 Å². The summed E-state index contributed by atoms with van der Waals surface area (Å²) in [6.45, 7) is 0.414. The van der Waals surface area contributed by atoms with Crippen molar-refractivity contribution in [3.63, 3.8) is 0 Å². The quantitative estimate of drug-likeness (QED) is 0.375. The van der Waals surface area contributed by atoms with E-state index in [-0.39, 0.29) is 28.9 Å². The molecule has 0 saturated heterocycles. The van der Waals surface area contributed by atoms with Gasteiger partial charge in [-0.05, 0) is 23.6 Å². The molecule has 0 saturated carbocycles. The maximum Gasteiger partial charge on any atom is 0.251 e. The Balaban J connectivity index is 1.54. The molecular weight excluding hydrogens is 415 g/mol. The highest BCUT2D eigenvalue weighted by molar-refractivity contribution is 7.99. The number of aromatic amines is 1. The molecule has 10 heteroatoms. The summed E-state index contributed by atoms with van der Waals surface area (Å²) in [7, 11) is 0. The number of hydrogen-bond donors (Lipinski definition) is 3. The number of halogens is 1. The van der Waals surface area contributed by atoms with Crippen LogP contribution >= 0.6 is 23.1 Å². The zero-order chi connectivity index (χ0) is 20.6. The number of hydrogen-bond acceptors (Lipinski definition) is 6. The topological polar surface area (TPSA) is 104 Å². The zero-order valence-electron chi connectivity index (χ0n) is 15.1. The first-order valence-corrected chi connectivity index (χ1v) is 10.4. The Labute approximate surface area is 173 Å². The number of H-pyrrole nitrogens is 1. The number of aromatic nitrogens is 2. The Morgan fingerprint density at radius 3 is 2.76 bits per heavy atom. The van der Waals surface area contributed by atoms with Crippen LogP contribution in [-0.4, -0.2) is 27.5 Å². The molecule has 3 rings (SSSR count). The number of carbonyl (C=O) groups is 2. The second-order valence-electron chi connectivity index (χ2n) is 5.89. The molecule has 7 nitrogen and oxygen atoms in total. The fourth-order valence-electron chi connectivity index (χ4n) is 2.35. The van der Waals surface area contributed by atoms with E-state index in [1.807, 2.05) is 17.5 Å². The predicted octanol–water partition coefficient (Wildman–Crippen LogP) is 2.56. The molecule has 0 radical (unpaired) electrons. The molecule has 0 aliphatic heterocycles. The van der Waals surface area contributed by atoms with Crippen molar-refractivity contribution in [1.82, 2.24) is 15.3 Å². The van der Waals surface area contributed by atoms with E-state index in [0.717, 1.165) is 16.6 Å². The van der Waals surface area contributed by atoms with Crippen LogP contribution in [0, 0.1) is 5.82 Å². The first-order valence-electron chi connectivity index (χ1n) is 8.56. The molecule has 2 heterocycles. The van der Waals surface area contributed by atoms with Gasteiger partial charge in [-0.15, -0.1) is 11.3 Å². The minimum absolute atomic E-state index is 0.0513. The van der Waals surface area contributed by atoms with Crippen LogP contribution in [0.1, 0.15) is 10.6 Å². The van der Waals surface area contributed by atoms with Gasteiger partial charge in [-0.1, -0.05) is 30.0 Å². The van der Waals surface area contributed by atoms with E-state index >= 15 is 0 Å². The zero-order valence-corrected chi connectivity index (χ0v) is 16.7. The van der Waals surface area contributed by atoms with Gasteiger partial charge < -0.3 is 15.6 Å². The van der Waals surface area contributed by atoms with Crippen molar-refractivity contribution in [2.75, 3.05) is 11.1 Å². The molecule has 2 amide bonds. The van der Waals surface area contributed by atoms with Gasteiger partial charge in [0.05, 0.1) is 30.1 Å². The van der Waals surface area contributed by atoms with Crippen LogP contribution in [0.4, 0.5) is 10.1 Å². The molecule has 0 atom stereocenters. The minimum Gasteiger partial charge on any atom is -0.351 e. The molecule has 150 valence electrons. The Bertz CT molecular complexity index is 1050. The van der Waals surface area contributed by atoms with Crippen LogP contribution in [0.3, 0.4) is 0 Å². The number of carbonyl (C=O) groups excluding carboxylic acids is 2. The lowest BCUT2D eigenvalue weighted by molar-refractivity contribution is -0.120. The van der Waals surface area contributed by atoms with Crippen molar-refractivity contribution < 1.29 is 14.0 Å². The minimum atomic E-state index is -0.534. The van der Waals surface area contributed by atoms with E-state index in [1.165, 1.54) is 35.6 Å². The number of benzene rings is 1. The third-order valence-electron chi connectivity index (χ3n) is 3.64. The van der Waals surface area contributed by atoms with Gasteiger partial charge in [-0.2, -0.15) is 0 Å². The summed E-state index contributed by atoms with van der Waals surface area (Å²) in [5.74, 6) is -1.31. The van der Waals surface area contributed by atoms with Crippen molar-refractivity contribution in [2.24, 2.45) is 0 Å². The van der Waals surface area contributed by atoms with Crippen LogP contribution in [-0.2, 0) is 22.6 Å². The van der Waals surface area contributed by atoms with Crippen LogP contribution in [0.25, 0.3) is 0 Å². The van der Waals surface area contributed by atoms with Crippen LogP contribution in [0.5, 0.6) is 0 Å². The van der Waals surface area contributed by atoms with Gasteiger partial charge in [0.1, 0.15) is 5.82 Å². The second kappa shape index (κ2) is 9.99. The van der Waals surface area contributed by atoms with Crippen molar-refractivity contribution in [2.45, 2.75) is 18.1 Å². The van der Waals surface area contributed by atoms with Gasteiger partial charge in [0.25, 0.3) is 5.56 Å². The summed E-state index contributed by atoms with van der Waals surface area (Å²) in [4.78, 5) is 43.6. The molecular formula is C19H17FN4O3S2. The summed E-state index contributed by atoms with van der Waals surface area (Å²) < 4.78 is 13.6. The average molecular weight is 433 g/mol. The first-order chi connectivity index (χ1) is 14.0.